The fourth-order valence-electron chi connectivity index (χ4n) is 2.56. The second-order valence-electron chi connectivity index (χ2n) is 5.31. The van der Waals surface area contributed by atoms with Gasteiger partial charge in [0.25, 0.3) is 0 Å². The molecular formula is C16H24N4O. The molecule has 2 unspecified atom stereocenters. The van der Waals surface area contributed by atoms with E-state index in [9.17, 15) is 0 Å². The molecule has 0 fully saturated rings. The van der Waals surface area contributed by atoms with Gasteiger partial charge >= 0.3 is 0 Å². The number of hydrogen-bond donors (Lipinski definition) is 1. The SMILES string of the molecule is CCNC(CC(C)COC)c1cnnn1-c1ccccc1. The minimum atomic E-state index is 0.218. The van der Waals surface area contributed by atoms with Crippen LogP contribution in [0.1, 0.15) is 32.0 Å². The van der Waals surface area contributed by atoms with Crippen molar-refractivity contribution >= 4 is 0 Å². The Hall–Kier alpha value is -1.72. The summed E-state index contributed by atoms with van der Waals surface area (Å²) in [5.74, 6) is 0.471. The molecule has 1 heterocycles. The second kappa shape index (κ2) is 7.90. The Labute approximate surface area is 126 Å². The van der Waals surface area contributed by atoms with Crippen molar-refractivity contribution in [2.45, 2.75) is 26.3 Å². The molecule has 1 aromatic heterocycles. The molecule has 1 aromatic carbocycles. The van der Waals surface area contributed by atoms with Gasteiger partial charge in [-0.05, 0) is 31.0 Å². The number of rotatable bonds is 8. The van der Waals surface area contributed by atoms with Gasteiger partial charge in [0.1, 0.15) is 0 Å². The fraction of sp³-hybridized carbons (Fsp3) is 0.500. The monoisotopic (exact) mass is 288 g/mol. The number of aromatic nitrogens is 3. The molecule has 21 heavy (non-hydrogen) atoms. The van der Waals surface area contributed by atoms with Crippen LogP contribution < -0.4 is 5.32 Å². The maximum absolute atomic E-state index is 5.25. The van der Waals surface area contributed by atoms with Gasteiger partial charge in [-0.25, -0.2) is 4.68 Å². The molecule has 0 aliphatic rings. The highest BCUT2D eigenvalue weighted by atomic mass is 16.5. The largest absolute Gasteiger partial charge is 0.384 e. The standard InChI is InChI=1S/C16H24N4O/c1-4-17-15(10-13(2)12-21-3)16-11-18-19-20(16)14-8-6-5-7-9-14/h5-9,11,13,15,17H,4,10,12H2,1-3H3. The fourth-order valence-corrected chi connectivity index (χ4v) is 2.56. The van der Waals surface area contributed by atoms with E-state index in [4.69, 9.17) is 4.74 Å². The zero-order chi connectivity index (χ0) is 15.1. The van der Waals surface area contributed by atoms with Gasteiger partial charge in [0.2, 0.25) is 0 Å². The minimum absolute atomic E-state index is 0.218. The molecule has 0 radical (unpaired) electrons. The van der Waals surface area contributed by atoms with Crippen molar-refractivity contribution in [3.63, 3.8) is 0 Å². The van der Waals surface area contributed by atoms with Crippen LogP contribution in [-0.2, 0) is 4.74 Å². The van der Waals surface area contributed by atoms with Gasteiger partial charge in [-0.15, -0.1) is 5.10 Å². The zero-order valence-electron chi connectivity index (χ0n) is 13.0. The highest BCUT2D eigenvalue weighted by molar-refractivity contribution is 5.32. The van der Waals surface area contributed by atoms with Gasteiger partial charge < -0.3 is 10.1 Å². The highest BCUT2D eigenvalue weighted by Crippen LogP contribution is 2.23. The van der Waals surface area contributed by atoms with E-state index in [0.29, 0.717) is 5.92 Å². The van der Waals surface area contributed by atoms with Crippen molar-refractivity contribution in [2.75, 3.05) is 20.3 Å². The van der Waals surface area contributed by atoms with Crippen LogP contribution in [0.25, 0.3) is 5.69 Å². The Kier molecular flexibility index (Phi) is 5.90. The molecule has 2 atom stereocenters. The van der Waals surface area contributed by atoms with E-state index in [1.807, 2.05) is 41.2 Å². The lowest BCUT2D eigenvalue weighted by Crippen LogP contribution is -2.26. The lowest BCUT2D eigenvalue weighted by molar-refractivity contribution is 0.149. The molecule has 0 amide bonds. The van der Waals surface area contributed by atoms with Crippen molar-refractivity contribution in [3.8, 4) is 5.69 Å². The molecule has 5 nitrogen and oxygen atoms in total. The van der Waals surface area contributed by atoms with Crippen LogP contribution >= 0.6 is 0 Å². The smallest absolute Gasteiger partial charge is 0.0815 e. The minimum Gasteiger partial charge on any atom is -0.384 e. The summed E-state index contributed by atoms with van der Waals surface area (Å²) in [6.07, 6.45) is 2.84. The van der Waals surface area contributed by atoms with E-state index in [1.54, 1.807) is 7.11 Å². The first kappa shape index (κ1) is 15.7. The molecular weight excluding hydrogens is 264 g/mol. The summed E-state index contributed by atoms with van der Waals surface area (Å²) >= 11 is 0. The first-order chi connectivity index (χ1) is 10.3. The normalized spacial score (nSPS) is 14.0. The first-order valence-corrected chi connectivity index (χ1v) is 7.44. The second-order valence-corrected chi connectivity index (χ2v) is 5.31. The lowest BCUT2D eigenvalue weighted by Gasteiger charge is -2.22. The van der Waals surface area contributed by atoms with Crippen LogP contribution in [0.15, 0.2) is 36.5 Å². The van der Waals surface area contributed by atoms with Crippen LogP contribution in [-0.4, -0.2) is 35.3 Å². The summed E-state index contributed by atoms with van der Waals surface area (Å²) < 4.78 is 7.16. The van der Waals surface area contributed by atoms with Gasteiger partial charge in [0.05, 0.1) is 23.6 Å². The average molecular weight is 288 g/mol. The van der Waals surface area contributed by atoms with E-state index >= 15 is 0 Å². The van der Waals surface area contributed by atoms with Crippen molar-refractivity contribution in [2.24, 2.45) is 5.92 Å². The topological polar surface area (TPSA) is 52.0 Å². The van der Waals surface area contributed by atoms with E-state index in [2.05, 4.69) is 29.5 Å². The molecule has 2 aromatic rings. The van der Waals surface area contributed by atoms with Crippen molar-refractivity contribution in [3.05, 3.63) is 42.2 Å². The Bertz CT molecular complexity index is 526. The summed E-state index contributed by atoms with van der Waals surface area (Å²) in [4.78, 5) is 0. The predicted octanol–water partition coefficient (Wildman–Crippen LogP) is 2.59. The molecule has 1 N–H and O–H groups in total. The number of ether oxygens (including phenoxy) is 1. The summed E-state index contributed by atoms with van der Waals surface area (Å²) in [6.45, 7) is 5.98. The number of benzene rings is 1. The number of para-hydroxylation sites is 1. The zero-order valence-corrected chi connectivity index (χ0v) is 13.0. The number of nitrogens with one attached hydrogen (secondary N) is 1. The van der Waals surface area contributed by atoms with E-state index < -0.39 is 0 Å². The van der Waals surface area contributed by atoms with Crippen LogP contribution in [0.2, 0.25) is 0 Å². The summed E-state index contributed by atoms with van der Waals surface area (Å²) in [5.41, 5.74) is 2.12. The van der Waals surface area contributed by atoms with Crippen molar-refractivity contribution in [1.82, 2.24) is 20.3 Å². The van der Waals surface area contributed by atoms with Gasteiger partial charge in [-0.3, -0.25) is 0 Å². The number of nitrogens with zero attached hydrogens (tertiary/aromatic N) is 3. The Morgan fingerprint density at radius 3 is 2.71 bits per heavy atom. The predicted molar refractivity (Wildman–Crippen MR) is 83.4 cm³/mol. The van der Waals surface area contributed by atoms with Crippen LogP contribution in [0.3, 0.4) is 0 Å². The van der Waals surface area contributed by atoms with Gasteiger partial charge in [0.15, 0.2) is 0 Å². The van der Waals surface area contributed by atoms with Crippen LogP contribution in [0, 0.1) is 5.92 Å². The van der Waals surface area contributed by atoms with Crippen LogP contribution in [0.4, 0.5) is 0 Å². The summed E-state index contributed by atoms with van der Waals surface area (Å²) in [7, 11) is 1.74. The number of methoxy groups -OCH3 is 1. The molecule has 5 heteroatoms. The summed E-state index contributed by atoms with van der Waals surface area (Å²) in [5, 5.41) is 11.9. The molecule has 2 rings (SSSR count). The van der Waals surface area contributed by atoms with Gasteiger partial charge in [-0.2, -0.15) is 0 Å². The molecule has 0 aliphatic heterocycles. The van der Waals surface area contributed by atoms with E-state index in [-0.39, 0.29) is 6.04 Å². The maximum atomic E-state index is 5.25. The summed E-state index contributed by atoms with van der Waals surface area (Å²) in [6, 6.07) is 10.3. The highest BCUT2D eigenvalue weighted by Gasteiger charge is 2.19. The molecule has 0 saturated heterocycles. The van der Waals surface area contributed by atoms with Gasteiger partial charge in [-0.1, -0.05) is 37.3 Å². The molecule has 0 aliphatic carbocycles. The Morgan fingerprint density at radius 1 is 1.29 bits per heavy atom. The van der Waals surface area contributed by atoms with Crippen molar-refractivity contribution < 1.29 is 4.74 Å². The average Bonchev–Trinajstić information content (AvgIpc) is 2.97. The lowest BCUT2D eigenvalue weighted by atomic mass is 10.00. The third-order valence-corrected chi connectivity index (χ3v) is 3.47. The molecule has 114 valence electrons. The van der Waals surface area contributed by atoms with Crippen molar-refractivity contribution in [1.29, 1.82) is 0 Å². The third-order valence-electron chi connectivity index (χ3n) is 3.47. The molecule has 0 spiro atoms. The van der Waals surface area contributed by atoms with E-state index in [0.717, 1.165) is 31.0 Å². The maximum Gasteiger partial charge on any atom is 0.0815 e. The van der Waals surface area contributed by atoms with E-state index in [1.165, 1.54) is 0 Å². The molecule has 0 saturated carbocycles. The first-order valence-electron chi connectivity index (χ1n) is 7.44. The number of hydrogen-bond acceptors (Lipinski definition) is 4. The third kappa shape index (κ3) is 4.12. The molecule has 0 bridgehead atoms. The van der Waals surface area contributed by atoms with Crippen LogP contribution in [0.5, 0.6) is 0 Å². The Morgan fingerprint density at radius 2 is 2.05 bits per heavy atom. The van der Waals surface area contributed by atoms with Gasteiger partial charge in [0, 0.05) is 13.7 Å². The quantitative estimate of drug-likeness (QED) is 0.811. The Balaban J connectivity index is 2.23.